The first-order valence-electron chi connectivity index (χ1n) is 8.35. The van der Waals surface area contributed by atoms with Gasteiger partial charge in [0, 0.05) is 21.7 Å². The Kier molecular flexibility index (Phi) is 5.29. The van der Waals surface area contributed by atoms with E-state index in [1.807, 2.05) is 44.2 Å². The van der Waals surface area contributed by atoms with E-state index in [0.717, 1.165) is 23.2 Å². The molecule has 1 N–H and O–H groups in total. The summed E-state index contributed by atoms with van der Waals surface area (Å²) in [5.74, 6) is 1.19. The van der Waals surface area contributed by atoms with Gasteiger partial charge >= 0.3 is 0 Å². The van der Waals surface area contributed by atoms with Crippen molar-refractivity contribution in [2.45, 2.75) is 20.3 Å². The number of carbonyl (C=O) groups excluding carboxylic acids is 1. The van der Waals surface area contributed by atoms with Crippen LogP contribution in [-0.4, -0.2) is 19.1 Å². The van der Waals surface area contributed by atoms with Crippen LogP contribution in [0.1, 0.15) is 31.4 Å². The molecule has 0 fully saturated rings. The van der Waals surface area contributed by atoms with E-state index in [0.29, 0.717) is 35.3 Å². The molecule has 0 saturated heterocycles. The Hall–Kier alpha value is -2.46. The van der Waals surface area contributed by atoms with E-state index >= 15 is 0 Å². The highest BCUT2D eigenvalue weighted by Gasteiger charge is 2.25. The Morgan fingerprint density at radius 2 is 2.00 bits per heavy atom. The van der Waals surface area contributed by atoms with Gasteiger partial charge in [-0.05, 0) is 37.6 Å². The maximum Gasteiger partial charge on any atom is 0.256 e. The van der Waals surface area contributed by atoms with Crippen LogP contribution >= 0.6 is 11.6 Å². The molecule has 2 aromatic carbocycles. The van der Waals surface area contributed by atoms with Crippen LogP contribution < -0.4 is 14.8 Å². The maximum atomic E-state index is 12.4. The molecular weight excluding hydrogens is 338 g/mol. The van der Waals surface area contributed by atoms with Crippen molar-refractivity contribution < 1.29 is 14.3 Å². The van der Waals surface area contributed by atoms with E-state index in [1.54, 1.807) is 12.1 Å². The second-order valence-corrected chi connectivity index (χ2v) is 6.09. The Bertz CT molecular complexity index is 830. The van der Waals surface area contributed by atoms with Crippen molar-refractivity contribution >= 4 is 34.8 Å². The van der Waals surface area contributed by atoms with E-state index in [4.69, 9.17) is 21.1 Å². The quantitative estimate of drug-likeness (QED) is 0.738. The van der Waals surface area contributed by atoms with E-state index in [9.17, 15) is 4.79 Å². The minimum Gasteiger partial charge on any atom is -0.490 e. The van der Waals surface area contributed by atoms with Gasteiger partial charge in [0.25, 0.3) is 5.91 Å². The molecule has 4 nitrogen and oxygen atoms in total. The van der Waals surface area contributed by atoms with Crippen molar-refractivity contribution in [3.63, 3.8) is 0 Å². The molecule has 0 bridgehead atoms. The molecule has 0 spiro atoms. The standard InChI is InChI=1S/C20H20ClNO3/c1-3-10-25-19-13(6-5-7-18(19)24-4-2)11-16-15-9-8-14(21)12-17(15)22-20(16)23/h5-9,11-12H,3-4,10H2,1-2H3,(H,22,23). The third-order valence-electron chi connectivity index (χ3n) is 3.82. The van der Waals surface area contributed by atoms with Crippen molar-refractivity contribution in [3.8, 4) is 11.5 Å². The lowest BCUT2D eigenvalue weighted by Gasteiger charge is -2.14. The normalized spacial score (nSPS) is 14.4. The molecule has 0 atom stereocenters. The van der Waals surface area contributed by atoms with E-state index in [1.165, 1.54) is 0 Å². The highest BCUT2D eigenvalue weighted by Crippen LogP contribution is 2.38. The fourth-order valence-corrected chi connectivity index (χ4v) is 2.91. The molecule has 1 amide bonds. The third kappa shape index (κ3) is 3.64. The number of fused-ring (bicyclic) bond motifs is 1. The van der Waals surface area contributed by atoms with Crippen molar-refractivity contribution in [1.29, 1.82) is 0 Å². The molecule has 1 heterocycles. The first-order chi connectivity index (χ1) is 12.1. The van der Waals surface area contributed by atoms with E-state index in [2.05, 4.69) is 5.32 Å². The van der Waals surface area contributed by atoms with Gasteiger partial charge in [-0.2, -0.15) is 0 Å². The number of amides is 1. The van der Waals surface area contributed by atoms with Crippen LogP contribution in [0.3, 0.4) is 0 Å². The second kappa shape index (κ2) is 7.62. The third-order valence-corrected chi connectivity index (χ3v) is 4.06. The first-order valence-corrected chi connectivity index (χ1v) is 8.73. The molecule has 25 heavy (non-hydrogen) atoms. The average molecular weight is 358 g/mol. The first kappa shape index (κ1) is 17.4. The van der Waals surface area contributed by atoms with Crippen molar-refractivity contribution in [1.82, 2.24) is 0 Å². The number of hydrogen-bond donors (Lipinski definition) is 1. The highest BCUT2D eigenvalue weighted by atomic mass is 35.5. The van der Waals surface area contributed by atoms with Gasteiger partial charge in [-0.25, -0.2) is 0 Å². The Labute approximate surface area is 152 Å². The molecular formula is C20H20ClNO3. The number of rotatable bonds is 6. The lowest BCUT2D eigenvalue weighted by molar-refractivity contribution is -0.110. The molecule has 3 rings (SSSR count). The molecule has 1 aliphatic rings. The SMILES string of the molecule is CCCOc1c(C=C2C(=O)Nc3cc(Cl)ccc32)cccc1OCC. The minimum atomic E-state index is -0.152. The molecule has 0 unspecified atom stereocenters. The zero-order valence-electron chi connectivity index (χ0n) is 14.3. The summed E-state index contributed by atoms with van der Waals surface area (Å²) < 4.78 is 11.6. The van der Waals surface area contributed by atoms with Crippen molar-refractivity contribution in [3.05, 3.63) is 52.5 Å². The molecule has 0 aliphatic carbocycles. The second-order valence-electron chi connectivity index (χ2n) is 5.66. The molecule has 0 radical (unpaired) electrons. The topological polar surface area (TPSA) is 47.6 Å². The Morgan fingerprint density at radius 1 is 1.16 bits per heavy atom. The van der Waals surface area contributed by atoms with Crippen LogP contribution in [0.15, 0.2) is 36.4 Å². The summed E-state index contributed by atoms with van der Waals surface area (Å²) in [5, 5.41) is 3.44. The summed E-state index contributed by atoms with van der Waals surface area (Å²) in [6, 6.07) is 11.1. The number of hydrogen-bond acceptors (Lipinski definition) is 3. The zero-order valence-corrected chi connectivity index (χ0v) is 15.0. The van der Waals surface area contributed by atoms with Crippen LogP contribution in [0.25, 0.3) is 11.6 Å². The molecule has 2 aromatic rings. The van der Waals surface area contributed by atoms with Crippen molar-refractivity contribution in [2.24, 2.45) is 0 Å². The number of para-hydroxylation sites is 1. The number of anilines is 1. The maximum absolute atomic E-state index is 12.4. The smallest absolute Gasteiger partial charge is 0.256 e. The zero-order chi connectivity index (χ0) is 17.8. The fourth-order valence-electron chi connectivity index (χ4n) is 2.74. The van der Waals surface area contributed by atoms with E-state index < -0.39 is 0 Å². The summed E-state index contributed by atoms with van der Waals surface area (Å²) in [7, 11) is 0. The summed E-state index contributed by atoms with van der Waals surface area (Å²) in [6.45, 7) is 5.11. The summed E-state index contributed by atoms with van der Waals surface area (Å²) in [4.78, 5) is 12.4. The number of halogens is 1. The lowest BCUT2D eigenvalue weighted by Crippen LogP contribution is -2.04. The van der Waals surface area contributed by atoms with Gasteiger partial charge in [-0.3, -0.25) is 4.79 Å². The fraction of sp³-hybridized carbons (Fsp3) is 0.250. The van der Waals surface area contributed by atoms with Crippen LogP contribution in [0.2, 0.25) is 5.02 Å². The number of ether oxygens (including phenoxy) is 2. The van der Waals surface area contributed by atoms with Gasteiger partial charge < -0.3 is 14.8 Å². The van der Waals surface area contributed by atoms with Gasteiger partial charge in [0.05, 0.1) is 18.9 Å². The summed E-state index contributed by atoms with van der Waals surface area (Å²) in [6.07, 6.45) is 2.72. The molecule has 0 saturated carbocycles. The van der Waals surface area contributed by atoms with Gasteiger partial charge in [0.2, 0.25) is 0 Å². The van der Waals surface area contributed by atoms with Gasteiger partial charge in [-0.15, -0.1) is 0 Å². The molecule has 5 heteroatoms. The van der Waals surface area contributed by atoms with Gasteiger partial charge in [0.1, 0.15) is 0 Å². The predicted octanol–water partition coefficient (Wildman–Crippen LogP) is 5.02. The summed E-state index contributed by atoms with van der Waals surface area (Å²) in [5.41, 5.74) is 2.95. The van der Waals surface area contributed by atoms with Crippen LogP contribution in [-0.2, 0) is 4.79 Å². The molecule has 1 aliphatic heterocycles. The lowest BCUT2D eigenvalue weighted by atomic mass is 10.0. The molecule has 0 aromatic heterocycles. The minimum absolute atomic E-state index is 0.152. The van der Waals surface area contributed by atoms with Crippen LogP contribution in [0.5, 0.6) is 11.5 Å². The largest absolute Gasteiger partial charge is 0.490 e. The highest BCUT2D eigenvalue weighted by molar-refractivity contribution is 6.36. The average Bonchev–Trinajstić information content (AvgIpc) is 2.89. The summed E-state index contributed by atoms with van der Waals surface area (Å²) >= 11 is 6.01. The number of benzene rings is 2. The van der Waals surface area contributed by atoms with Gasteiger partial charge in [-0.1, -0.05) is 36.7 Å². The number of nitrogens with one attached hydrogen (secondary N) is 1. The van der Waals surface area contributed by atoms with Crippen LogP contribution in [0, 0.1) is 0 Å². The Morgan fingerprint density at radius 3 is 2.76 bits per heavy atom. The molecule has 130 valence electrons. The predicted molar refractivity (Wildman–Crippen MR) is 101 cm³/mol. The Balaban J connectivity index is 2.06. The van der Waals surface area contributed by atoms with Crippen molar-refractivity contribution in [2.75, 3.05) is 18.5 Å². The van der Waals surface area contributed by atoms with Gasteiger partial charge in [0.15, 0.2) is 11.5 Å². The monoisotopic (exact) mass is 357 g/mol. The number of carbonyl (C=O) groups is 1. The van der Waals surface area contributed by atoms with E-state index in [-0.39, 0.29) is 5.91 Å². The van der Waals surface area contributed by atoms with Crippen LogP contribution in [0.4, 0.5) is 5.69 Å².